The van der Waals surface area contributed by atoms with Crippen LogP contribution in [0.5, 0.6) is 0 Å². The molecule has 1 amide bonds. The lowest BCUT2D eigenvalue weighted by Crippen LogP contribution is -2.27. The first kappa shape index (κ1) is 18.1. The van der Waals surface area contributed by atoms with Crippen molar-refractivity contribution in [3.05, 3.63) is 42.0 Å². The zero-order chi connectivity index (χ0) is 17.6. The van der Waals surface area contributed by atoms with E-state index in [-0.39, 0.29) is 17.3 Å². The van der Waals surface area contributed by atoms with Gasteiger partial charge < -0.3 is 5.32 Å². The molecule has 130 valence electrons. The summed E-state index contributed by atoms with van der Waals surface area (Å²) in [7, 11) is -1.88. The number of amides is 1. The monoisotopic (exact) mass is 351 g/mol. The van der Waals surface area contributed by atoms with E-state index in [1.54, 1.807) is 11.7 Å². The molecule has 8 nitrogen and oxygen atoms in total. The van der Waals surface area contributed by atoms with Gasteiger partial charge in [0.05, 0.1) is 4.90 Å². The van der Waals surface area contributed by atoms with Crippen LogP contribution in [-0.4, -0.2) is 42.2 Å². The first-order valence-electron chi connectivity index (χ1n) is 7.65. The summed E-state index contributed by atoms with van der Waals surface area (Å²) in [5.74, 6) is 0.483. The van der Waals surface area contributed by atoms with E-state index < -0.39 is 10.0 Å². The fourth-order valence-corrected chi connectivity index (χ4v) is 3.08. The molecule has 2 aromatic rings. The lowest BCUT2D eigenvalue weighted by molar-refractivity contribution is 0.0953. The Labute approximate surface area is 141 Å². The van der Waals surface area contributed by atoms with Crippen molar-refractivity contribution in [2.45, 2.75) is 24.7 Å². The maximum atomic E-state index is 12.2. The first-order valence-corrected chi connectivity index (χ1v) is 9.13. The number of hydrogen-bond acceptors (Lipinski definition) is 5. The summed E-state index contributed by atoms with van der Waals surface area (Å²) in [4.78, 5) is 16.0. The van der Waals surface area contributed by atoms with E-state index >= 15 is 0 Å². The molecule has 0 saturated carbocycles. The molecular weight excluding hydrogens is 330 g/mol. The van der Waals surface area contributed by atoms with Gasteiger partial charge in [0.1, 0.15) is 12.2 Å². The number of rotatable bonds is 8. The Morgan fingerprint density at radius 1 is 1.21 bits per heavy atom. The van der Waals surface area contributed by atoms with Gasteiger partial charge >= 0.3 is 0 Å². The van der Waals surface area contributed by atoms with Gasteiger partial charge in [0, 0.05) is 32.1 Å². The van der Waals surface area contributed by atoms with Crippen LogP contribution in [-0.2, 0) is 23.5 Å². The van der Waals surface area contributed by atoms with Gasteiger partial charge in [-0.25, -0.2) is 18.1 Å². The fourth-order valence-electron chi connectivity index (χ4n) is 2.05. The van der Waals surface area contributed by atoms with Crippen molar-refractivity contribution in [1.29, 1.82) is 0 Å². The van der Waals surface area contributed by atoms with E-state index in [1.807, 2.05) is 6.92 Å². The number of carbonyl (C=O) groups is 1. The van der Waals surface area contributed by atoms with Crippen LogP contribution in [0.2, 0.25) is 0 Å². The number of carbonyl (C=O) groups excluding carboxylic acids is 1. The summed E-state index contributed by atoms with van der Waals surface area (Å²) >= 11 is 0. The lowest BCUT2D eigenvalue weighted by atomic mass is 10.2. The van der Waals surface area contributed by atoms with Crippen molar-refractivity contribution in [3.63, 3.8) is 0 Å². The maximum absolute atomic E-state index is 12.2. The molecule has 0 fully saturated rings. The van der Waals surface area contributed by atoms with E-state index in [4.69, 9.17) is 0 Å². The van der Waals surface area contributed by atoms with E-state index in [0.717, 1.165) is 6.42 Å². The van der Waals surface area contributed by atoms with E-state index in [9.17, 15) is 13.2 Å². The van der Waals surface area contributed by atoms with Gasteiger partial charge in [-0.2, -0.15) is 5.10 Å². The summed E-state index contributed by atoms with van der Waals surface area (Å²) in [5, 5.41) is 6.67. The average molecular weight is 351 g/mol. The quantitative estimate of drug-likeness (QED) is 0.719. The van der Waals surface area contributed by atoms with Crippen LogP contribution in [0.25, 0.3) is 0 Å². The van der Waals surface area contributed by atoms with Crippen molar-refractivity contribution >= 4 is 15.9 Å². The predicted octanol–water partition coefficient (Wildman–Crippen LogP) is 0.476. The summed E-state index contributed by atoms with van der Waals surface area (Å²) in [6, 6.07) is 5.85. The van der Waals surface area contributed by atoms with Crippen molar-refractivity contribution < 1.29 is 13.2 Å². The minimum Gasteiger partial charge on any atom is -0.352 e. The van der Waals surface area contributed by atoms with Gasteiger partial charge in [0.15, 0.2) is 0 Å². The Kier molecular flexibility index (Phi) is 6.04. The minimum atomic E-state index is -3.62. The second-order valence-electron chi connectivity index (χ2n) is 5.23. The van der Waals surface area contributed by atoms with Crippen LogP contribution >= 0.6 is 0 Å². The van der Waals surface area contributed by atoms with Crippen LogP contribution in [0.15, 0.2) is 35.5 Å². The van der Waals surface area contributed by atoms with Crippen LogP contribution in [0, 0.1) is 0 Å². The molecule has 0 unspecified atom stereocenters. The van der Waals surface area contributed by atoms with Gasteiger partial charge in [-0.1, -0.05) is 6.92 Å². The standard InChI is InChI=1S/C15H21N5O3S/c1-3-9-16-15(21)12-4-6-13(7-5-12)24(22,23)19-10-8-14-17-11-18-20(14)2/h4-7,11,19H,3,8-10H2,1-2H3,(H,16,21). The van der Waals surface area contributed by atoms with Crippen LogP contribution in [0.3, 0.4) is 0 Å². The molecule has 2 N–H and O–H groups in total. The van der Waals surface area contributed by atoms with E-state index in [1.165, 1.54) is 30.6 Å². The van der Waals surface area contributed by atoms with Gasteiger partial charge in [-0.3, -0.25) is 9.48 Å². The summed E-state index contributed by atoms with van der Waals surface area (Å²) in [6.07, 6.45) is 2.70. The molecule has 1 aromatic heterocycles. The maximum Gasteiger partial charge on any atom is 0.251 e. The fraction of sp³-hybridized carbons (Fsp3) is 0.400. The molecule has 0 aliphatic heterocycles. The molecule has 0 bridgehead atoms. The zero-order valence-corrected chi connectivity index (χ0v) is 14.5. The average Bonchev–Trinajstić information content (AvgIpc) is 2.98. The SMILES string of the molecule is CCCNC(=O)c1ccc(S(=O)(=O)NCCc2ncnn2C)cc1. The molecule has 9 heteroatoms. The van der Waals surface area contributed by atoms with E-state index in [0.29, 0.717) is 24.4 Å². The van der Waals surface area contributed by atoms with Crippen LogP contribution < -0.4 is 10.0 Å². The normalized spacial score (nSPS) is 11.4. The number of sulfonamides is 1. The van der Waals surface area contributed by atoms with Crippen molar-refractivity contribution in [2.75, 3.05) is 13.1 Å². The second-order valence-corrected chi connectivity index (χ2v) is 6.99. The van der Waals surface area contributed by atoms with Crippen LogP contribution in [0.4, 0.5) is 0 Å². The Morgan fingerprint density at radius 3 is 2.50 bits per heavy atom. The second kappa shape index (κ2) is 8.02. The summed E-state index contributed by atoms with van der Waals surface area (Å²) in [5.41, 5.74) is 0.432. The third-order valence-corrected chi connectivity index (χ3v) is 4.89. The molecule has 0 spiro atoms. The summed E-state index contributed by atoms with van der Waals surface area (Å²) < 4.78 is 28.6. The number of nitrogens with zero attached hydrogens (tertiary/aromatic N) is 3. The molecule has 0 radical (unpaired) electrons. The smallest absolute Gasteiger partial charge is 0.251 e. The van der Waals surface area contributed by atoms with Crippen molar-refractivity contribution in [3.8, 4) is 0 Å². The van der Waals surface area contributed by atoms with Gasteiger partial charge in [0.2, 0.25) is 10.0 Å². The Morgan fingerprint density at radius 2 is 1.92 bits per heavy atom. The molecule has 0 saturated heterocycles. The highest BCUT2D eigenvalue weighted by Gasteiger charge is 2.15. The molecule has 0 aliphatic carbocycles. The Hall–Kier alpha value is -2.26. The van der Waals surface area contributed by atoms with E-state index in [2.05, 4.69) is 20.1 Å². The predicted molar refractivity (Wildman–Crippen MR) is 89.0 cm³/mol. The first-order chi connectivity index (χ1) is 11.4. The highest BCUT2D eigenvalue weighted by Crippen LogP contribution is 2.10. The van der Waals surface area contributed by atoms with Gasteiger partial charge in [0.25, 0.3) is 5.91 Å². The third kappa shape index (κ3) is 4.62. The van der Waals surface area contributed by atoms with Gasteiger partial charge in [-0.15, -0.1) is 0 Å². The topological polar surface area (TPSA) is 106 Å². The lowest BCUT2D eigenvalue weighted by Gasteiger charge is -2.08. The highest BCUT2D eigenvalue weighted by atomic mass is 32.2. The number of hydrogen-bond donors (Lipinski definition) is 2. The van der Waals surface area contributed by atoms with Crippen molar-refractivity contribution in [1.82, 2.24) is 24.8 Å². The number of aromatic nitrogens is 3. The molecule has 0 atom stereocenters. The molecule has 24 heavy (non-hydrogen) atoms. The number of benzene rings is 1. The van der Waals surface area contributed by atoms with Crippen molar-refractivity contribution in [2.24, 2.45) is 7.05 Å². The minimum absolute atomic E-state index is 0.118. The number of aryl methyl sites for hydroxylation is 1. The summed E-state index contributed by atoms with van der Waals surface area (Å²) in [6.45, 7) is 2.76. The Balaban J connectivity index is 1.96. The van der Waals surface area contributed by atoms with Crippen LogP contribution in [0.1, 0.15) is 29.5 Å². The number of nitrogens with one attached hydrogen (secondary N) is 2. The zero-order valence-electron chi connectivity index (χ0n) is 13.7. The third-order valence-electron chi connectivity index (χ3n) is 3.41. The highest BCUT2D eigenvalue weighted by molar-refractivity contribution is 7.89. The largest absolute Gasteiger partial charge is 0.352 e. The molecule has 1 aromatic carbocycles. The molecule has 2 rings (SSSR count). The van der Waals surface area contributed by atoms with Gasteiger partial charge in [-0.05, 0) is 30.7 Å². The Bertz CT molecular complexity index is 784. The molecular formula is C15H21N5O3S. The molecule has 0 aliphatic rings. The molecule has 1 heterocycles.